The van der Waals surface area contributed by atoms with Gasteiger partial charge in [0.2, 0.25) is 0 Å². The molecular weight excluding hydrogens is 332 g/mol. The molecule has 1 fully saturated rings. The molecule has 132 valence electrons. The van der Waals surface area contributed by atoms with Crippen molar-refractivity contribution in [1.82, 2.24) is 9.80 Å². The Bertz CT molecular complexity index is 839. The van der Waals surface area contributed by atoms with Crippen molar-refractivity contribution in [2.45, 2.75) is 6.04 Å². The number of nitro benzene ring substituents is 1. The van der Waals surface area contributed by atoms with Crippen LogP contribution in [0.15, 0.2) is 54.6 Å². The third kappa shape index (κ3) is 3.55. The van der Waals surface area contributed by atoms with E-state index in [0.29, 0.717) is 26.2 Å². The van der Waals surface area contributed by atoms with E-state index in [2.05, 4.69) is 6.07 Å². The molecule has 1 aliphatic rings. The predicted molar refractivity (Wildman–Crippen MR) is 95.4 cm³/mol. The normalized spacial score (nSPS) is 15.9. The van der Waals surface area contributed by atoms with Crippen LogP contribution < -0.4 is 0 Å². The van der Waals surface area contributed by atoms with Crippen molar-refractivity contribution in [2.24, 2.45) is 0 Å². The number of hydrogen-bond donors (Lipinski definition) is 0. The molecule has 0 aliphatic carbocycles. The monoisotopic (exact) mass is 350 g/mol. The number of nitriles is 1. The number of carbonyl (C=O) groups excluding carboxylic acids is 1. The summed E-state index contributed by atoms with van der Waals surface area (Å²) in [4.78, 5) is 26.9. The summed E-state index contributed by atoms with van der Waals surface area (Å²) in [6, 6.07) is 17.5. The molecule has 0 bridgehead atoms. The Kier molecular flexibility index (Phi) is 5.25. The summed E-state index contributed by atoms with van der Waals surface area (Å²) in [6.45, 7) is 1.94. The average Bonchev–Trinajstić information content (AvgIpc) is 2.69. The molecule has 1 heterocycles. The highest BCUT2D eigenvalue weighted by Crippen LogP contribution is 2.24. The Morgan fingerprint density at radius 1 is 1.04 bits per heavy atom. The van der Waals surface area contributed by atoms with E-state index < -0.39 is 4.92 Å². The molecule has 2 aromatic rings. The molecule has 0 spiro atoms. The molecule has 7 heteroatoms. The van der Waals surface area contributed by atoms with E-state index in [9.17, 15) is 20.2 Å². The van der Waals surface area contributed by atoms with Crippen molar-refractivity contribution in [3.05, 3.63) is 75.8 Å². The van der Waals surface area contributed by atoms with Crippen molar-refractivity contribution in [3.8, 4) is 6.07 Å². The molecule has 0 saturated carbocycles. The first kappa shape index (κ1) is 17.6. The second-order valence-corrected chi connectivity index (χ2v) is 6.04. The van der Waals surface area contributed by atoms with Gasteiger partial charge in [-0.05, 0) is 11.6 Å². The summed E-state index contributed by atoms with van der Waals surface area (Å²) in [7, 11) is 0. The molecule has 26 heavy (non-hydrogen) atoms. The van der Waals surface area contributed by atoms with Crippen molar-refractivity contribution in [3.63, 3.8) is 0 Å². The minimum Gasteiger partial charge on any atom is -0.336 e. The number of carbonyl (C=O) groups is 1. The van der Waals surface area contributed by atoms with Gasteiger partial charge in [0.25, 0.3) is 11.6 Å². The maximum atomic E-state index is 12.7. The first-order valence-corrected chi connectivity index (χ1v) is 8.33. The maximum Gasteiger partial charge on any atom is 0.282 e. The summed E-state index contributed by atoms with van der Waals surface area (Å²) in [6.07, 6.45) is 0. The van der Waals surface area contributed by atoms with Gasteiger partial charge in [0.15, 0.2) is 0 Å². The minimum absolute atomic E-state index is 0.103. The number of rotatable bonds is 4. The van der Waals surface area contributed by atoms with Gasteiger partial charge in [0.05, 0.1) is 11.0 Å². The van der Waals surface area contributed by atoms with Crippen LogP contribution in [0.3, 0.4) is 0 Å². The van der Waals surface area contributed by atoms with E-state index in [-0.39, 0.29) is 23.2 Å². The lowest BCUT2D eigenvalue weighted by molar-refractivity contribution is -0.385. The number of para-hydroxylation sites is 1. The zero-order chi connectivity index (χ0) is 18.5. The van der Waals surface area contributed by atoms with E-state index in [1.165, 1.54) is 12.1 Å². The van der Waals surface area contributed by atoms with Crippen LogP contribution in [0.1, 0.15) is 22.0 Å². The molecule has 2 aromatic carbocycles. The van der Waals surface area contributed by atoms with Crippen molar-refractivity contribution in [1.29, 1.82) is 5.26 Å². The van der Waals surface area contributed by atoms with Crippen LogP contribution in [-0.4, -0.2) is 46.8 Å². The molecule has 1 amide bonds. The first-order chi connectivity index (χ1) is 12.6. The number of hydrogen-bond acceptors (Lipinski definition) is 5. The molecule has 3 rings (SSSR count). The Morgan fingerprint density at radius 3 is 2.27 bits per heavy atom. The number of amides is 1. The summed E-state index contributed by atoms with van der Waals surface area (Å²) >= 11 is 0. The standard InChI is InChI=1S/C19H18N4O3/c20-14-18(15-6-2-1-3-7-15)21-10-12-22(13-11-21)19(24)16-8-4-5-9-17(16)23(25)26/h1-9,18H,10-13H2/t18-/m0/s1. The van der Waals surface area contributed by atoms with E-state index in [4.69, 9.17) is 0 Å². The van der Waals surface area contributed by atoms with Crippen molar-refractivity contribution >= 4 is 11.6 Å². The van der Waals surface area contributed by atoms with E-state index in [1.54, 1.807) is 17.0 Å². The minimum atomic E-state index is -0.537. The van der Waals surface area contributed by atoms with Crippen LogP contribution in [0.2, 0.25) is 0 Å². The molecule has 1 aliphatic heterocycles. The molecule has 0 aromatic heterocycles. The van der Waals surface area contributed by atoms with Gasteiger partial charge in [-0.3, -0.25) is 19.8 Å². The largest absolute Gasteiger partial charge is 0.336 e. The number of nitro groups is 1. The third-order valence-electron chi connectivity index (χ3n) is 4.54. The molecule has 0 N–H and O–H groups in total. The van der Waals surface area contributed by atoms with Crippen LogP contribution in [0, 0.1) is 21.4 Å². The fraction of sp³-hybridized carbons (Fsp3) is 0.263. The molecule has 1 atom stereocenters. The van der Waals surface area contributed by atoms with Crippen LogP contribution >= 0.6 is 0 Å². The SMILES string of the molecule is N#C[C@@H](c1ccccc1)N1CCN(C(=O)c2ccccc2[N+](=O)[O-])CC1. The van der Waals surface area contributed by atoms with E-state index in [1.807, 2.05) is 35.2 Å². The first-order valence-electron chi connectivity index (χ1n) is 8.33. The van der Waals surface area contributed by atoms with Gasteiger partial charge < -0.3 is 4.90 Å². The van der Waals surface area contributed by atoms with Crippen LogP contribution in [0.25, 0.3) is 0 Å². The highest BCUT2D eigenvalue weighted by molar-refractivity contribution is 5.98. The molecular formula is C19H18N4O3. The second-order valence-electron chi connectivity index (χ2n) is 6.04. The topological polar surface area (TPSA) is 90.5 Å². The lowest BCUT2D eigenvalue weighted by Gasteiger charge is -2.37. The van der Waals surface area contributed by atoms with E-state index >= 15 is 0 Å². The van der Waals surface area contributed by atoms with Gasteiger partial charge in [0, 0.05) is 32.2 Å². The highest BCUT2D eigenvalue weighted by atomic mass is 16.6. The molecule has 0 radical (unpaired) electrons. The van der Waals surface area contributed by atoms with Crippen LogP contribution in [0.4, 0.5) is 5.69 Å². The highest BCUT2D eigenvalue weighted by Gasteiger charge is 2.30. The average molecular weight is 350 g/mol. The van der Waals surface area contributed by atoms with Gasteiger partial charge in [0.1, 0.15) is 11.6 Å². The van der Waals surface area contributed by atoms with Crippen LogP contribution in [0.5, 0.6) is 0 Å². The van der Waals surface area contributed by atoms with Gasteiger partial charge >= 0.3 is 0 Å². The summed E-state index contributed by atoms with van der Waals surface area (Å²) in [5.41, 5.74) is 0.846. The van der Waals surface area contributed by atoms with Crippen molar-refractivity contribution < 1.29 is 9.72 Å². The Balaban J connectivity index is 1.70. The Morgan fingerprint density at radius 2 is 1.65 bits per heavy atom. The quantitative estimate of drug-likeness (QED) is 0.624. The fourth-order valence-corrected chi connectivity index (χ4v) is 3.17. The summed E-state index contributed by atoms with van der Waals surface area (Å²) < 4.78 is 0. The predicted octanol–water partition coefficient (Wildman–Crippen LogP) is 2.62. The van der Waals surface area contributed by atoms with Crippen molar-refractivity contribution in [2.75, 3.05) is 26.2 Å². The van der Waals surface area contributed by atoms with Gasteiger partial charge in [-0.2, -0.15) is 5.26 Å². The molecule has 1 saturated heterocycles. The summed E-state index contributed by atoms with van der Waals surface area (Å²) in [5.74, 6) is -0.342. The van der Waals surface area contributed by atoms with Gasteiger partial charge in [-0.25, -0.2) is 0 Å². The van der Waals surface area contributed by atoms with E-state index in [0.717, 1.165) is 5.56 Å². The zero-order valence-corrected chi connectivity index (χ0v) is 14.1. The van der Waals surface area contributed by atoms with Gasteiger partial charge in [-0.15, -0.1) is 0 Å². The third-order valence-corrected chi connectivity index (χ3v) is 4.54. The lowest BCUT2D eigenvalue weighted by Crippen LogP contribution is -2.49. The molecule has 7 nitrogen and oxygen atoms in total. The fourth-order valence-electron chi connectivity index (χ4n) is 3.17. The Labute approximate surface area is 151 Å². The van der Waals surface area contributed by atoms with Gasteiger partial charge in [-0.1, -0.05) is 42.5 Å². The smallest absolute Gasteiger partial charge is 0.282 e. The number of piperazine rings is 1. The Hall–Kier alpha value is -3.24. The lowest BCUT2D eigenvalue weighted by atomic mass is 10.1. The maximum absolute atomic E-state index is 12.7. The number of nitrogens with zero attached hydrogens (tertiary/aromatic N) is 4. The second kappa shape index (κ2) is 7.76. The zero-order valence-electron chi connectivity index (χ0n) is 14.1. The summed E-state index contributed by atoms with van der Waals surface area (Å²) in [5, 5.41) is 20.7. The number of benzene rings is 2. The van der Waals surface area contributed by atoms with Crippen LogP contribution in [-0.2, 0) is 0 Å². The molecule has 0 unspecified atom stereocenters.